The number of piperidine rings is 3. The molecule has 2 bridgehead atoms. The molecular formula is C13H16Cl2N2. The highest BCUT2D eigenvalue weighted by atomic mass is 35.5. The van der Waals surface area contributed by atoms with Crippen molar-refractivity contribution in [3.63, 3.8) is 0 Å². The summed E-state index contributed by atoms with van der Waals surface area (Å²) in [5.74, 6) is 0.798. The van der Waals surface area contributed by atoms with Gasteiger partial charge in [0.15, 0.2) is 0 Å². The van der Waals surface area contributed by atoms with Crippen molar-refractivity contribution in [2.75, 3.05) is 25.0 Å². The number of hydrogen-bond donors (Lipinski definition) is 1. The zero-order valence-corrected chi connectivity index (χ0v) is 11.1. The normalized spacial score (nSPS) is 31.5. The first-order valence-corrected chi connectivity index (χ1v) is 6.92. The Hall–Kier alpha value is -0.440. The van der Waals surface area contributed by atoms with E-state index in [1.165, 1.54) is 25.9 Å². The van der Waals surface area contributed by atoms with E-state index in [1.54, 1.807) is 6.07 Å². The van der Waals surface area contributed by atoms with Crippen LogP contribution in [0.2, 0.25) is 10.0 Å². The van der Waals surface area contributed by atoms with Gasteiger partial charge in [0.1, 0.15) is 0 Å². The lowest BCUT2D eigenvalue weighted by atomic mass is 9.84. The van der Waals surface area contributed by atoms with Crippen LogP contribution in [0.15, 0.2) is 18.2 Å². The summed E-state index contributed by atoms with van der Waals surface area (Å²) in [6, 6.07) is 6.20. The van der Waals surface area contributed by atoms with E-state index in [0.717, 1.165) is 18.2 Å². The maximum absolute atomic E-state index is 6.19. The summed E-state index contributed by atoms with van der Waals surface area (Å²) in [4.78, 5) is 2.53. The third-order valence-electron chi connectivity index (χ3n) is 3.93. The van der Waals surface area contributed by atoms with Crippen molar-refractivity contribution in [2.24, 2.45) is 5.92 Å². The average molecular weight is 271 g/mol. The summed E-state index contributed by atoms with van der Waals surface area (Å²) < 4.78 is 0. The van der Waals surface area contributed by atoms with E-state index in [1.807, 2.05) is 12.1 Å². The van der Waals surface area contributed by atoms with Crippen LogP contribution < -0.4 is 5.32 Å². The second-order valence-corrected chi connectivity index (χ2v) is 5.86. The fourth-order valence-corrected chi connectivity index (χ4v) is 3.40. The van der Waals surface area contributed by atoms with Gasteiger partial charge in [0.25, 0.3) is 0 Å². The highest BCUT2D eigenvalue weighted by Crippen LogP contribution is 2.32. The molecule has 0 saturated carbocycles. The minimum atomic E-state index is 0.538. The lowest BCUT2D eigenvalue weighted by molar-refractivity contribution is 0.0975. The Morgan fingerprint density at radius 3 is 2.53 bits per heavy atom. The van der Waals surface area contributed by atoms with Gasteiger partial charge in [-0.15, -0.1) is 0 Å². The van der Waals surface area contributed by atoms with Gasteiger partial charge in [-0.25, -0.2) is 0 Å². The van der Waals surface area contributed by atoms with Crippen molar-refractivity contribution in [2.45, 2.75) is 18.9 Å². The van der Waals surface area contributed by atoms with E-state index in [0.29, 0.717) is 16.1 Å². The molecule has 1 N–H and O–H groups in total. The van der Waals surface area contributed by atoms with E-state index in [2.05, 4.69) is 10.2 Å². The van der Waals surface area contributed by atoms with Gasteiger partial charge in [0.05, 0.1) is 10.7 Å². The molecular weight excluding hydrogens is 255 g/mol. The van der Waals surface area contributed by atoms with Crippen LogP contribution in [0, 0.1) is 5.92 Å². The Balaban J connectivity index is 1.74. The molecule has 4 heteroatoms. The summed E-state index contributed by atoms with van der Waals surface area (Å²) >= 11 is 12.1. The summed E-state index contributed by atoms with van der Waals surface area (Å²) in [5, 5.41) is 4.98. The summed E-state index contributed by atoms with van der Waals surface area (Å²) in [6.07, 6.45) is 2.62. The maximum atomic E-state index is 6.19. The van der Waals surface area contributed by atoms with Gasteiger partial charge in [0.2, 0.25) is 0 Å². The molecule has 2 nitrogen and oxygen atoms in total. The van der Waals surface area contributed by atoms with Crippen LogP contribution in [0.5, 0.6) is 0 Å². The Morgan fingerprint density at radius 2 is 1.94 bits per heavy atom. The minimum Gasteiger partial charge on any atom is -0.380 e. The van der Waals surface area contributed by atoms with Crippen molar-refractivity contribution >= 4 is 28.9 Å². The van der Waals surface area contributed by atoms with E-state index < -0.39 is 0 Å². The molecule has 92 valence electrons. The molecule has 0 amide bonds. The standard InChI is InChI=1S/C13H16Cl2N2/c14-10-1-2-12(11(15)7-10)16-13-8-17-5-3-9(13)4-6-17/h1-2,7,9,13,16H,3-6,8H2. The molecule has 3 fully saturated rings. The van der Waals surface area contributed by atoms with Crippen molar-refractivity contribution in [1.29, 1.82) is 0 Å². The molecule has 1 unspecified atom stereocenters. The fourth-order valence-electron chi connectivity index (χ4n) is 2.93. The van der Waals surface area contributed by atoms with Crippen LogP contribution in [0.1, 0.15) is 12.8 Å². The highest BCUT2D eigenvalue weighted by molar-refractivity contribution is 6.36. The van der Waals surface area contributed by atoms with Gasteiger partial charge in [-0.1, -0.05) is 23.2 Å². The molecule has 3 aliphatic heterocycles. The smallest absolute Gasteiger partial charge is 0.0652 e. The largest absolute Gasteiger partial charge is 0.380 e. The predicted octanol–water partition coefficient (Wildman–Crippen LogP) is 3.50. The summed E-state index contributed by atoms with van der Waals surface area (Å²) in [5.41, 5.74) is 1.01. The van der Waals surface area contributed by atoms with Crippen LogP contribution in [0.25, 0.3) is 0 Å². The second-order valence-electron chi connectivity index (χ2n) is 5.01. The number of anilines is 1. The number of rotatable bonds is 2. The summed E-state index contributed by atoms with van der Waals surface area (Å²) in [6.45, 7) is 3.66. The molecule has 4 rings (SSSR count). The third kappa shape index (κ3) is 2.40. The lowest BCUT2D eigenvalue weighted by Crippen LogP contribution is -2.53. The van der Waals surface area contributed by atoms with Crippen molar-refractivity contribution in [1.82, 2.24) is 4.90 Å². The van der Waals surface area contributed by atoms with E-state index >= 15 is 0 Å². The van der Waals surface area contributed by atoms with Crippen molar-refractivity contribution < 1.29 is 0 Å². The topological polar surface area (TPSA) is 15.3 Å². The van der Waals surface area contributed by atoms with Crippen LogP contribution in [-0.4, -0.2) is 30.6 Å². The van der Waals surface area contributed by atoms with Gasteiger partial charge in [-0.3, -0.25) is 0 Å². The molecule has 3 heterocycles. The zero-order valence-electron chi connectivity index (χ0n) is 9.63. The quantitative estimate of drug-likeness (QED) is 0.885. The third-order valence-corrected chi connectivity index (χ3v) is 4.48. The molecule has 17 heavy (non-hydrogen) atoms. The van der Waals surface area contributed by atoms with Crippen LogP contribution in [0.3, 0.4) is 0 Å². The zero-order chi connectivity index (χ0) is 11.8. The van der Waals surface area contributed by atoms with Gasteiger partial charge < -0.3 is 10.2 Å². The molecule has 3 saturated heterocycles. The van der Waals surface area contributed by atoms with Crippen LogP contribution >= 0.6 is 23.2 Å². The maximum Gasteiger partial charge on any atom is 0.0652 e. The molecule has 3 aliphatic rings. The first-order chi connectivity index (χ1) is 8.22. The highest BCUT2D eigenvalue weighted by Gasteiger charge is 2.34. The molecule has 1 aromatic carbocycles. The number of hydrogen-bond acceptors (Lipinski definition) is 2. The lowest BCUT2D eigenvalue weighted by Gasteiger charge is -2.45. The van der Waals surface area contributed by atoms with Crippen LogP contribution in [0.4, 0.5) is 5.69 Å². The molecule has 0 aliphatic carbocycles. The fraction of sp³-hybridized carbons (Fsp3) is 0.538. The molecule has 0 spiro atoms. The minimum absolute atomic E-state index is 0.538. The monoisotopic (exact) mass is 270 g/mol. The first kappa shape index (κ1) is 11.6. The molecule has 0 radical (unpaired) electrons. The number of fused-ring (bicyclic) bond motifs is 3. The molecule has 0 aromatic heterocycles. The van der Waals surface area contributed by atoms with Gasteiger partial charge >= 0.3 is 0 Å². The average Bonchev–Trinajstić information content (AvgIpc) is 2.34. The number of nitrogens with zero attached hydrogens (tertiary/aromatic N) is 1. The number of nitrogens with one attached hydrogen (secondary N) is 1. The molecule has 1 aromatic rings. The Morgan fingerprint density at radius 1 is 1.18 bits per heavy atom. The van der Waals surface area contributed by atoms with Crippen molar-refractivity contribution in [3.8, 4) is 0 Å². The van der Waals surface area contributed by atoms with Gasteiger partial charge in [-0.05, 0) is 50.0 Å². The summed E-state index contributed by atoms with van der Waals surface area (Å²) in [7, 11) is 0. The van der Waals surface area contributed by atoms with Gasteiger partial charge in [-0.2, -0.15) is 0 Å². The Labute approximate surface area is 112 Å². The van der Waals surface area contributed by atoms with E-state index in [4.69, 9.17) is 23.2 Å². The van der Waals surface area contributed by atoms with E-state index in [9.17, 15) is 0 Å². The predicted molar refractivity (Wildman–Crippen MR) is 73.0 cm³/mol. The second kappa shape index (κ2) is 4.68. The first-order valence-electron chi connectivity index (χ1n) is 6.16. The number of halogens is 2. The van der Waals surface area contributed by atoms with Crippen molar-refractivity contribution in [3.05, 3.63) is 28.2 Å². The Kier molecular flexibility index (Phi) is 3.20. The molecule has 1 atom stereocenters. The van der Waals surface area contributed by atoms with E-state index in [-0.39, 0.29) is 0 Å². The Bertz CT molecular complexity index is 414. The van der Waals surface area contributed by atoms with Crippen LogP contribution in [-0.2, 0) is 0 Å². The number of benzene rings is 1. The van der Waals surface area contributed by atoms with Gasteiger partial charge in [0, 0.05) is 17.6 Å². The SMILES string of the molecule is Clc1ccc(NC2CN3CCC2CC3)c(Cl)c1.